The van der Waals surface area contributed by atoms with Crippen LogP contribution in [0.25, 0.3) is 16.9 Å². The van der Waals surface area contributed by atoms with Crippen molar-refractivity contribution in [2.75, 3.05) is 32.8 Å². The second kappa shape index (κ2) is 7.46. The molecule has 29 heavy (non-hydrogen) atoms. The van der Waals surface area contributed by atoms with Crippen LogP contribution in [-0.2, 0) is 18.3 Å². The number of nitrogens with zero attached hydrogens (tertiary/aromatic N) is 6. The van der Waals surface area contributed by atoms with E-state index in [4.69, 9.17) is 9.72 Å². The second-order valence-electron chi connectivity index (χ2n) is 7.97. The van der Waals surface area contributed by atoms with E-state index in [-0.39, 0.29) is 17.3 Å². The van der Waals surface area contributed by atoms with Crippen molar-refractivity contribution in [3.05, 3.63) is 32.2 Å². The van der Waals surface area contributed by atoms with Crippen molar-refractivity contribution in [3.63, 3.8) is 0 Å². The predicted molar refractivity (Wildman–Crippen MR) is 112 cm³/mol. The van der Waals surface area contributed by atoms with Gasteiger partial charge < -0.3 is 9.30 Å². The zero-order chi connectivity index (χ0) is 20.9. The summed E-state index contributed by atoms with van der Waals surface area (Å²) in [6.45, 7) is 12.4. The van der Waals surface area contributed by atoms with Gasteiger partial charge in [0.2, 0.25) is 5.78 Å². The molecule has 158 valence electrons. The zero-order valence-electron chi connectivity index (χ0n) is 17.9. The molecule has 0 bridgehead atoms. The quantitative estimate of drug-likeness (QED) is 0.638. The normalized spacial score (nSPS) is 16.9. The van der Waals surface area contributed by atoms with Crippen LogP contribution in [0.5, 0.6) is 0 Å². The highest BCUT2D eigenvalue weighted by Crippen LogP contribution is 2.25. The van der Waals surface area contributed by atoms with Crippen molar-refractivity contribution in [2.24, 2.45) is 7.05 Å². The Kier molecular flexibility index (Phi) is 5.12. The van der Waals surface area contributed by atoms with E-state index in [1.54, 1.807) is 7.05 Å². The molecule has 0 spiro atoms. The highest BCUT2D eigenvalue weighted by Gasteiger charge is 2.24. The largest absolute Gasteiger partial charge is 0.379 e. The second-order valence-corrected chi connectivity index (χ2v) is 7.97. The first-order chi connectivity index (χ1) is 13.9. The van der Waals surface area contributed by atoms with E-state index >= 15 is 0 Å². The lowest BCUT2D eigenvalue weighted by atomic mass is 10.2. The SMILES string of the molecule is CC[C@H](C)n1c(C)c(C)n2c3c(=O)n(CCN4CCOCC4)c(=O)n(C)c3nc12. The molecule has 0 amide bonds. The van der Waals surface area contributed by atoms with Gasteiger partial charge in [-0.25, -0.2) is 4.79 Å². The Balaban J connectivity index is 1.90. The number of morpholine rings is 1. The maximum absolute atomic E-state index is 13.4. The third-order valence-electron chi connectivity index (χ3n) is 6.34. The summed E-state index contributed by atoms with van der Waals surface area (Å²) in [5.41, 5.74) is 2.41. The number of imidazole rings is 2. The number of rotatable bonds is 5. The van der Waals surface area contributed by atoms with Gasteiger partial charge in [-0.3, -0.25) is 23.2 Å². The van der Waals surface area contributed by atoms with Crippen LogP contribution in [0.2, 0.25) is 0 Å². The van der Waals surface area contributed by atoms with Crippen LogP contribution in [0, 0.1) is 13.8 Å². The van der Waals surface area contributed by atoms with E-state index < -0.39 is 0 Å². The monoisotopic (exact) mass is 402 g/mol. The van der Waals surface area contributed by atoms with E-state index in [1.807, 2.05) is 11.3 Å². The van der Waals surface area contributed by atoms with Crippen LogP contribution in [0.3, 0.4) is 0 Å². The molecule has 9 heteroatoms. The van der Waals surface area contributed by atoms with Gasteiger partial charge in [0.25, 0.3) is 5.56 Å². The molecule has 3 aromatic rings. The average Bonchev–Trinajstić information content (AvgIpc) is 3.22. The standard InChI is InChI=1S/C20H30N6O3/c1-6-13(2)25-14(3)15(4)26-16-17(21-19(25)26)22(5)20(28)24(18(16)27)8-7-23-9-11-29-12-10-23/h13H,6-12H2,1-5H3/t13-/m0/s1. The van der Waals surface area contributed by atoms with Gasteiger partial charge >= 0.3 is 5.69 Å². The van der Waals surface area contributed by atoms with Crippen molar-refractivity contribution in [1.82, 2.24) is 28.0 Å². The molecule has 0 N–H and O–H groups in total. The fraction of sp³-hybridized carbons (Fsp3) is 0.650. The molecule has 4 heterocycles. The molecule has 0 unspecified atom stereocenters. The van der Waals surface area contributed by atoms with Gasteiger partial charge in [-0.15, -0.1) is 0 Å². The van der Waals surface area contributed by atoms with Gasteiger partial charge in [0, 0.05) is 50.7 Å². The summed E-state index contributed by atoms with van der Waals surface area (Å²) in [6, 6.07) is 0.253. The van der Waals surface area contributed by atoms with Crippen LogP contribution in [-0.4, -0.2) is 60.8 Å². The van der Waals surface area contributed by atoms with Gasteiger partial charge in [-0.05, 0) is 27.2 Å². The van der Waals surface area contributed by atoms with Gasteiger partial charge in [-0.2, -0.15) is 4.98 Å². The van der Waals surface area contributed by atoms with Crippen LogP contribution in [0.15, 0.2) is 9.59 Å². The summed E-state index contributed by atoms with van der Waals surface area (Å²) in [7, 11) is 1.69. The van der Waals surface area contributed by atoms with Crippen LogP contribution in [0.1, 0.15) is 37.7 Å². The molecule has 1 atom stereocenters. The summed E-state index contributed by atoms with van der Waals surface area (Å²) in [5.74, 6) is 0.724. The van der Waals surface area contributed by atoms with Crippen molar-refractivity contribution in [1.29, 1.82) is 0 Å². The van der Waals surface area contributed by atoms with Gasteiger partial charge in [0.05, 0.1) is 13.2 Å². The maximum Gasteiger partial charge on any atom is 0.332 e. The first-order valence-electron chi connectivity index (χ1n) is 10.4. The molecule has 0 saturated carbocycles. The molecular formula is C20H30N6O3. The number of aromatic nitrogens is 5. The molecule has 1 fully saturated rings. The highest BCUT2D eigenvalue weighted by atomic mass is 16.5. The Hall–Kier alpha value is -2.39. The average molecular weight is 402 g/mol. The van der Waals surface area contributed by atoms with Crippen LogP contribution >= 0.6 is 0 Å². The van der Waals surface area contributed by atoms with Crippen molar-refractivity contribution in [3.8, 4) is 0 Å². The lowest BCUT2D eigenvalue weighted by molar-refractivity contribution is 0.0361. The first kappa shape index (κ1) is 19.9. The highest BCUT2D eigenvalue weighted by molar-refractivity contribution is 5.76. The lowest BCUT2D eigenvalue weighted by Crippen LogP contribution is -2.44. The smallest absolute Gasteiger partial charge is 0.332 e. The molecule has 9 nitrogen and oxygen atoms in total. The third-order valence-corrected chi connectivity index (χ3v) is 6.34. The molecule has 4 rings (SSSR count). The van der Waals surface area contributed by atoms with E-state index in [9.17, 15) is 9.59 Å². The molecule has 1 aliphatic heterocycles. The Morgan fingerprint density at radius 2 is 1.79 bits per heavy atom. The van der Waals surface area contributed by atoms with Crippen LogP contribution < -0.4 is 11.2 Å². The van der Waals surface area contributed by atoms with E-state index in [0.717, 1.165) is 36.7 Å². The van der Waals surface area contributed by atoms with Gasteiger partial charge in [-0.1, -0.05) is 6.92 Å². The minimum absolute atomic E-state index is 0.253. The Bertz CT molecular complexity index is 1180. The van der Waals surface area contributed by atoms with Crippen molar-refractivity contribution >= 4 is 16.9 Å². The van der Waals surface area contributed by atoms with Gasteiger partial charge in [0.1, 0.15) is 0 Å². The number of ether oxygens (including phenoxy) is 1. The predicted octanol–water partition coefficient (Wildman–Crippen LogP) is 1.07. The van der Waals surface area contributed by atoms with Crippen molar-refractivity contribution in [2.45, 2.75) is 46.7 Å². The maximum atomic E-state index is 13.4. The number of hydrogen-bond acceptors (Lipinski definition) is 5. The number of hydrogen-bond donors (Lipinski definition) is 0. The zero-order valence-corrected chi connectivity index (χ0v) is 17.9. The molecule has 3 aromatic heterocycles. The summed E-state index contributed by atoms with van der Waals surface area (Å²) >= 11 is 0. The minimum Gasteiger partial charge on any atom is -0.379 e. The minimum atomic E-state index is -0.319. The first-order valence-corrected chi connectivity index (χ1v) is 10.4. The number of fused-ring (bicyclic) bond motifs is 3. The van der Waals surface area contributed by atoms with Crippen molar-refractivity contribution < 1.29 is 4.74 Å². The molecule has 1 saturated heterocycles. The molecule has 0 radical (unpaired) electrons. The Labute approximate surface area is 169 Å². The summed E-state index contributed by atoms with van der Waals surface area (Å²) in [5, 5.41) is 0. The van der Waals surface area contributed by atoms with E-state index in [0.29, 0.717) is 37.5 Å². The van der Waals surface area contributed by atoms with E-state index in [2.05, 4.69) is 30.2 Å². The molecule has 0 aliphatic carbocycles. The third kappa shape index (κ3) is 3.03. The topological polar surface area (TPSA) is 78.7 Å². The molecule has 1 aliphatic rings. The Morgan fingerprint density at radius 1 is 1.10 bits per heavy atom. The summed E-state index contributed by atoms with van der Waals surface area (Å²) in [6.07, 6.45) is 0.955. The fourth-order valence-electron chi connectivity index (χ4n) is 4.25. The molecule has 0 aromatic carbocycles. The molecular weight excluding hydrogens is 372 g/mol. The van der Waals surface area contributed by atoms with E-state index in [1.165, 1.54) is 9.13 Å². The Morgan fingerprint density at radius 3 is 2.45 bits per heavy atom. The summed E-state index contributed by atoms with van der Waals surface area (Å²) in [4.78, 5) is 33.3. The van der Waals surface area contributed by atoms with Crippen LogP contribution in [0.4, 0.5) is 0 Å². The summed E-state index contributed by atoms with van der Waals surface area (Å²) < 4.78 is 12.3. The van der Waals surface area contributed by atoms with Gasteiger partial charge in [0.15, 0.2) is 11.2 Å². The fourth-order valence-corrected chi connectivity index (χ4v) is 4.25. The number of aryl methyl sites for hydroxylation is 2. The lowest BCUT2D eigenvalue weighted by Gasteiger charge is -2.26.